The first-order valence-corrected chi connectivity index (χ1v) is 7.82. The number of allylic oxidation sites excluding steroid dienone is 2. The van der Waals surface area contributed by atoms with E-state index in [-0.39, 0.29) is 16.9 Å². The van der Waals surface area contributed by atoms with Gasteiger partial charge in [-0.05, 0) is 23.3 Å². The van der Waals surface area contributed by atoms with E-state index in [2.05, 4.69) is 9.97 Å². The van der Waals surface area contributed by atoms with Crippen molar-refractivity contribution in [1.82, 2.24) is 9.97 Å². The lowest BCUT2D eigenvalue weighted by atomic mass is 10.0. The molecule has 0 unspecified atom stereocenters. The molecule has 1 aromatic carbocycles. The van der Waals surface area contributed by atoms with Gasteiger partial charge in [0.2, 0.25) is 5.79 Å². The fraction of sp³-hybridized carbons (Fsp3) is 0.167. The number of carbonyl (C=O) groups is 1. The van der Waals surface area contributed by atoms with Crippen LogP contribution in [-0.2, 0) is 14.3 Å². The summed E-state index contributed by atoms with van der Waals surface area (Å²) >= 11 is 5.91. The summed E-state index contributed by atoms with van der Waals surface area (Å²) in [5.74, 6) is -1.30. The highest BCUT2D eigenvalue weighted by molar-refractivity contribution is 6.44. The summed E-state index contributed by atoms with van der Waals surface area (Å²) in [4.78, 5) is 19.5. The van der Waals surface area contributed by atoms with E-state index in [0.717, 1.165) is 16.7 Å². The zero-order chi connectivity index (χ0) is 16.6. The van der Waals surface area contributed by atoms with Crippen molar-refractivity contribution in [1.29, 1.82) is 0 Å². The lowest BCUT2D eigenvalue weighted by molar-refractivity contribution is -0.114. The number of hydrogen-bond donors (Lipinski definition) is 0. The van der Waals surface area contributed by atoms with Crippen molar-refractivity contribution in [2.75, 3.05) is 6.61 Å². The van der Waals surface area contributed by atoms with Crippen molar-refractivity contribution in [2.24, 2.45) is 0 Å². The molecule has 2 aromatic rings. The maximum atomic E-state index is 11.4. The summed E-state index contributed by atoms with van der Waals surface area (Å²) in [6, 6.07) is 7.95. The summed E-state index contributed by atoms with van der Waals surface area (Å²) in [7, 11) is 0. The van der Waals surface area contributed by atoms with Crippen LogP contribution >= 0.6 is 11.6 Å². The molecule has 24 heavy (non-hydrogen) atoms. The summed E-state index contributed by atoms with van der Waals surface area (Å²) < 4.78 is 11.7. The standard InChI is InChI=1S/C18H13ClN2O3/c19-15-7-18(6-5-16(15)22)23-10-17(24-18)13-3-1-12(2-4-13)14-8-20-11-21-9-14/h1-9,11,17H,10H2/t17-,18+/m1/s1. The van der Waals surface area contributed by atoms with Crippen molar-refractivity contribution >= 4 is 17.4 Å². The molecule has 1 saturated heterocycles. The molecule has 1 fully saturated rings. The van der Waals surface area contributed by atoms with E-state index in [1.165, 1.54) is 18.5 Å². The number of benzene rings is 1. The molecule has 1 aromatic heterocycles. The highest BCUT2D eigenvalue weighted by Gasteiger charge is 2.41. The summed E-state index contributed by atoms with van der Waals surface area (Å²) in [6.45, 7) is 0.382. The number of ketones is 1. The molecule has 0 saturated carbocycles. The molecular weight excluding hydrogens is 328 g/mol. The number of hydrogen-bond acceptors (Lipinski definition) is 5. The monoisotopic (exact) mass is 340 g/mol. The molecule has 4 rings (SSSR count). The first-order valence-electron chi connectivity index (χ1n) is 7.44. The largest absolute Gasteiger partial charge is 0.340 e. The molecule has 0 N–H and O–H groups in total. The smallest absolute Gasteiger partial charge is 0.211 e. The van der Waals surface area contributed by atoms with Gasteiger partial charge in [-0.15, -0.1) is 0 Å². The molecule has 0 bridgehead atoms. The highest BCUT2D eigenvalue weighted by atomic mass is 35.5. The van der Waals surface area contributed by atoms with E-state index in [1.807, 2.05) is 24.3 Å². The number of halogens is 1. The minimum absolute atomic E-state index is 0.109. The minimum Gasteiger partial charge on any atom is -0.340 e. The fourth-order valence-electron chi connectivity index (χ4n) is 2.73. The molecule has 0 radical (unpaired) electrons. The van der Waals surface area contributed by atoms with Gasteiger partial charge in [0.15, 0.2) is 5.78 Å². The normalized spacial score (nSPS) is 26.0. The van der Waals surface area contributed by atoms with E-state index in [0.29, 0.717) is 6.61 Å². The fourth-order valence-corrected chi connectivity index (χ4v) is 2.94. The van der Waals surface area contributed by atoms with Crippen molar-refractivity contribution in [3.05, 3.63) is 71.8 Å². The Labute approximate surface area is 143 Å². The van der Waals surface area contributed by atoms with Crippen LogP contribution in [-0.4, -0.2) is 28.1 Å². The summed E-state index contributed by atoms with van der Waals surface area (Å²) in [5.41, 5.74) is 2.97. The lowest BCUT2D eigenvalue weighted by Gasteiger charge is -2.23. The molecule has 1 aliphatic carbocycles. The van der Waals surface area contributed by atoms with Crippen LogP contribution in [0.4, 0.5) is 0 Å². The maximum Gasteiger partial charge on any atom is 0.211 e. The van der Waals surface area contributed by atoms with Crippen LogP contribution in [0.25, 0.3) is 11.1 Å². The Kier molecular flexibility index (Phi) is 3.76. The Morgan fingerprint density at radius 1 is 1.12 bits per heavy atom. The van der Waals surface area contributed by atoms with Gasteiger partial charge in [0.05, 0.1) is 11.6 Å². The van der Waals surface area contributed by atoms with Crippen LogP contribution in [0, 0.1) is 0 Å². The van der Waals surface area contributed by atoms with Gasteiger partial charge in [0.1, 0.15) is 12.4 Å². The van der Waals surface area contributed by atoms with Gasteiger partial charge in [-0.1, -0.05) is 35.9 Å². The van der Waals surface area contributed by atoms with E-state index >= 15 is 0 Å². The van der Waals surface area contributed by atoms with Gasteiger partial charge >= 0.3 is 0 Å². The highest BCUT2D eigenvalue weighted by Crippen LogP contribution is 2.38. The molecule has 120 valence electrons. The first kappa shape index (κ1) is 15.2. The number of ether oxygens (including phenoxy) is 2. The lowest BCUT2D eigenvalue weighted by Crippen LogP contribution is -2.28. The first-order chi connectivity index (χ1) is 11.7. The van der Waals surface area contributed by atoms with Crippen molar-refractivity contribution < 1.29 is 14.3 Å². The molecular formula is C18H13ClN2O3. The quantitative estimate of drug-likeness (QED) is 0.840. The van der Waals surface area contributed by atoms with Crippen molar-refractivity contribution in [2.45, 2.75) is 11.9 Å². The molecule has 2 atom stereocenters. The maximum absolute atomic E-state index is 11.4. The zero-order valence-electron chi connectivity index (χ0n) is 12.6. The summed E-state index contributed by atoms with van der Waals surface area (Å²) in [6.07, 6.45) is 9.28. The predicted molar refractivity (Wildman–Crippen MR) is 88.1 cm³/mol. The van der Waals surface area contributed by atoms with Crippen molar-refractivity contribution in [3.63, 3.8) is 0 Å². The Morgan fingerprint density at radius 3 is 2.58 bits per heavy atom. The third-order valence-corrected chi connectivity index (χ3v) is 4.29. The Hall–Kier alpha value is -2.34. The molecule has 5 nitrogen and oxygen atoms in total. The SMILES string of the molecule is O=C1C=C[C@]2(C=C1Cl)OC[C@H](c1ccc(-c3cncnc3)cc1)O2. The molecule has 2 heterocycles. The van der Waals surface area contributed by atoms with Crippen molar-refractivity contribution in [3.8, 4) is 11.1 Å². The average molecular weight is 341 g/mol. The predicted octanol–water partition coefficient (Wildman–Crippen LogP) is 3.19. The zero-order valence-corrected chi connectivity index (χ0v) is 13.3. The topological polar surface area (TPSA) is 61.3 Å². The Morgan fingerprint density at radius 2 is 1.88 bits per heavy atom. The summed E-state index contributed by atoms with van der Waals surface area (Å²) in [5, 5.41) is 0.109. The minimum atomic E-state index is -1.05. The second-order valence-electron chi connectivity index (χ2n) is 5.58. The molecule has 1 spiro atoms. The van der Waals surface area contributed by atoms with E-state index in [4.69, 9.17) is 21.1 Å². The van der Waals surface area contributed by atoms with E-state index in [1.54, 1.807) is 18.5 Å². The second kappa shape index (κ2) is 5.94. The Balaban J connectivity index is 1.54. The van der Waals surface area contributed by atoms with Crippen LogP contribution < -0.4 is 0 Å². The molecule has 1 aliphatic heterocycles. The van der Waals surface area contributed by atoms with E-state index < -0.39 is 5.79 Å². The molecule has 6 heteroatoms. The van der Waals surface area contributed by atoms with E-state index in [9.17, 15) is 4.79 Å². The van der Waals surface area contributed by atoms with Crippen LogP contribution in [0.5, 0.6) is 0 Å². The van der Waals surface area contributed by atoms with Crippen LogP contribution in [0.15, 0.2) is 66.2 Å². The van der Waals surface area contributed by atoms with Gasteiger partial charge < -0.3 is 9.47 Å². The Bertz CT molecular complexity index is 833. The van der Waals surface area contributed by atoms with Crippen LogP contribution in [0.3, 0.4) is 0 Å². The number of carbonyl (C=O) groups excluding carboxylic acids is 1. The number of rotatable bonds is 2. The van der Waals surface area contributed by atoms with Crippen LogP contribution in [0.2, 0.25) is 0 Å². The van der Waals surface area contributed by atoms with Gasteiger partial charge in [-0.3, -0.25) is 4.79 Å². The van der Waals surface area contributed by atoms with Gasteiger partial charge in [-0.2, -0.15) is 0 Å². The third kappa shape index (κ3) is 2.78. The molecule has 2 aliphatic rings. The number of nitrogens with zero attached hydrogens (tertiary/aromatic N) is 2. The van der Waals surface area contributed by atoms with Crippen LogP contribution in [0.1, 0.15) is 11.7 Å². The van der Waals surface area contributed by atoms with Gasteiger partial charge in [-0.25, -0.2) is 9.97 Å². The van der Waals surface area contributed by atoms with Gasteiger partial charge in [0, 0.05) is 24.0 Å². The molecule has 0 amide bonds. The second-order valence-corrected chi connectivity index (χ2v) is 5.99. The van der Waals surface area contributed by atoms with Gasteiger partial charge in [0.25, 0.3) is 0 Å². The third-order valence-electron chi connectivity index (χ3n) is 3.99. The number of aromatic nitrogens is 2. The average Bonchev–Trinajstić information content (AvgIpc) is 3.03.